The molecule has 0 saturated carbocycles. The van der Waals surface area contributed by atoms with Crippen LogP contribution in [0.25, 0.3) is 5.65 Å². The predicted octanol–water partition coefficient (Wildman–Crippen LogP) is 1.76. The molecule has 26 heavy (non-hydrogen) atoms. The maximum absolute atomic E-state index is 4.68. The quantitative estimate of drug-likeness (QED) is 0.713. The van der Waals surface area contributed by atoms with E-state index in [1.807, 2.05) is 18.3 Å². The summed E-state index contributed by atoms with van der Waals surface area (Å²) in [6.07, 6.45) is 8.76. The summed E-state index contributed by atoms with van der Waals surface area (Å²) >= 11 is 0. The largest absolute Gasteiger partial charge is 0.347 e. The molecule has 2 aliphatic rings. The minimum atomic E-state index is 0.383. The molecule has 5 heterocycles. The van der Waals surface area contributed by atoms with Crippen LogP contribution in [0.15, 0.2) is 30.7 Å². The zero-order chi connectivity index (χ0) is 17.3. The number of likely N-dealkylation sites (tertiary alicyclic amines) is 1. The second-order valence-electron chi connectivity index (χ2n) is 7.32. The highest BCUT2D eigenvalue weighted by Crippen LogP contribution is 2.27. The molecule has 0 bridgehead atoms. The van der Waals surface area contributed by atoms with Gasteiger partial charge in [0, 0.05) is 19.3 Å². The first-order valence-electron chi connectivity index (χ1n) is 9.53. The van der Waals surface area contributed by atoms with Crippen molar-refractivity contribution in [3.05, 3.63) is 36.4 Å². The van der Waals surface area contributed by atoms with Gasteiger partial charge in [0.2, 0.25) is 0 Å². The molecule has 8 nitrogen and oxygen atoms in total. The Labute approximate surface area is 152 Å². The minimum absolute atomic E-state index is 0.383. The molecule has 2 aliphatic heterocycles. The first-order chi connectivity index (χ1) is 12.9. The van der Waals surface area contributed by atoms with E-state index in [0.717, 1.165) is 37.5 Å². The molecule has 0 amide bonds. The van der Waals surface area contributed by atoms with E-state index < -0.39 is 0 Å². The molecule has 1 saturated heterocycles. The average molecular weight is 352 g/mol. The predicted molar refractivity (Wildman–Crippen MR) is 98.0 cm³/mol. The fraction of sp³-hybridized carbons (Fsp3) is 0.556. The monoisotopic (exact) mass is 352 g/mol. The zero-order valence-corrected chi connectivity index (χ0v) is 14.9. The van der Waals surface area contributed by atoms with E-state index in [9.17, 15) is 0 Å². The number of nitrogens with zero attached hydrogens (tertiary/aromatic N) is 8. The number of piperidine rings is 1. The van der Waals surface area contributed by atoms with Crippen molar-refractivity contribution < 1.29 is 0 Å². The Morgan fingerprint density at radius 3 is 2.92 bits per heavy atom. The van der Waals surface area contributed by atoms with Gasteiger partial charge in [-0.2, -0.15) is 9.61 Å². The third kappa shape index (κ3) is 2.94. The van der Waals surface area contributed by atoms with Crippen molar-refractivity contribution in [1.29, 1.82) is 0 Å². The average Bonchev–Trinajstić information content (AvgIpc) is 3.35. The van der Waals surface area contributed by atoms with Gasteiger partial charge < -0.3 is 9.80 Å². The van der Waals surface area contributed by atoms with Crippen LogP contribution in [0.3, 0.4) is 0 Å². The molecule has 0 N–H and O–H groups in total. The van der Waals surface area contributed by atoms with Crippen molar-refractivity contribution in [2.45, 2.75) is 38.3 Å². The lowest BCUT2D eigenvalue weighted by Crippen LogP contribution is -2.40. The van der Waals surface area contributed by atoms with Crippen LogP contribution in [-0.4, -0.2) is 60.7 Å². The van der Waals surface area contributed by atoms with Crippen molar-refractivity contribution in [3.8, 4) is 0 Å². The van der Waals surface area contributed by atoms with Gasteiger partial charge in [0.25, 0.3) is 0 Å². The second kappa shape index (κ2) is 6.68. The molecule has 0 aromatic carbocycles. The smallest absolute Gasteiger partial charge is 0.177 e. The van der Waals surface area contributed by atoms with Crippen LogP contribution >= 0.6 is 0 Å². The summed E-state index contributed by atoms with van der Waals surface area (Å²) in [5.41, 5.74) is 2.03. The lowest BCUT2D eigenvalue weighted by Gasteiger charge is -2.36. The van der Waals surface area contributed by atoms with E-state index in [1.165, 1.54) is 38.0 Å². The molecule has 136 valence electrons. The normalized spacial score (nSPS) is 21.2. The second-order valence-corrected chi connectivity index (χ2v) is 7.32. The van der Waals surface area contributed by atoms with Crippen LogP contribution < -0.4 is 4.90 Å². The number of anilines is 1. The number of aromatic nitrogens is 6. The summed E-state index contributed by atoms with van der Waals surface area (Å²) in [4.78, 5) is 4.95. The van der Waals surface area contributed by atoms with Crippen LogP contribution in [0.2, 0.25) is 0 Å². The van der Waals surface area contributed by atoms with E-state index in [0.29, 0.717) is 6.04 Å². The molecule has 1 atom stereocenters. The SMILES string of the molecule is c1cc2n(n1)[C@H](CCN1CCCCC1)CN(c1ccc3nncn3n1)C2. The van der Waals surface area contributed by atoms with Crippen LogP contribution in [0, 0.1) is 0 Å². The van der Waals surface area contributed by atoms with E-state index in [4.69, 9.17) is 0 Å². The Kier molecular flexibility index (Phi) is 4.05. The molecule has 0 radical (unpaired) electrons. The van der Waals surface area contributed by atoms with Gasteiger partial charge in [0.05, 0.1) is 18.3 Å². The molecule has 1 fully saturated rings. The molecule has 5 rings (SSSR count). The maximum atomic E-state index is 4.68. The van der Waals surface area contributed by atoms with Gasteiger partial charge in [-0.05, 0) is 50.6 Å². The highest BCUT2D eigenvalue weighted by atomic mass is 15.4. The Balaban J connectivity index is 1.35. The Morgan fingerprint density at radius 2 is 2.00 bits per heavy atom. The molecule has 0 spiro atoms. The highest BCUT2D eigenvalue weighted by molar-refractivity contribution is 5.45. The van der Waals surface area contributed by atoms with Gasteiger partial charge in [0.15, 0.2) is 5.65 Å². The Hall–Kier alpha value is -2.48. The van der Waals surface area contributed by atoms with E-state index >= 15 is 0 Å². The topological polar surface area (TPSA) is 67.4 Å². The summed E-state index contributed by atoms with van der Waals surface area (Å²) in [7, 11) is 0. The van der Waals surface area contributed by atoms with Crippen molar-refractivity contribution in [2.75, 3.05) is 31.1 Å². The van der Waals surface area contributed by atoms with Crippen molar-refractivity contribution in [1.82, 2.24) is 34.5 Å². The molecule has 3 aromatic heterocycles. The van der Waals surface area contributed by atoms with E-state index in [1.54, 1.807) is 10.8 Å². The van der Waals surface area contributed by atoms with E-state index in [-0.39, 0.29) is 0 Å². The lowest BCUT2D eigenvalue weighted by atomic mass is 10.1. The van der Waals surface area contributed by atoms with Crippen molar-refractivity contribution in [2.24, 2.45) is 0 Å². The summed E-state index contributed by atoms with van der Waals surface area (Å²) < 4.78 is 3.96. The number of rotatable bonds is 4. The summed E-state index contributed by atoms with van der Waals surface area (Å²) in [6, 6.07) is 6.52. The fourth-order valence-corrected chi connectivity index (χ4v) is 4.18. The lowest BCUT2D eigenvalue weighted by molar-refractivity contribution is 0.207. The Morgan fingerprint density at radius 1 is 1.08 bits per heavy atom. The molecular weight excluding hydrogens is 328 g/mol. The third-order valence-corrected chi connectivity index (χ3v) is 5.58. The number of hydrogen-bond acceptors (Lipinski definition) is 6. The van der Waals surface area contributed by atoms with E-state index in [2.05, 4.69) is 40.9 Å². The van der Waals surface area contributed by atoms with Gasteiger partial charge in [-0.15, -0.1) is 15.3 Å². The summed E-state index contributed by atoms with van der Waals surface area (Å²) in [5.74, 6) is 0.965. The van der Waals surface area contributed by atoms with Gasteiger partial charge in [-0.25, -0.2) is 0 Å². The molecule has 0 aliphatic carbocycles. The van der Waals surface area contributed by atoms with Crippen LogP contribution in [0.1, 0.15) is 37.4 Å². The number of fused-ring (bicyclic) bond motifs is 2. The van der Waals surface area contributed by atoms with Gasteiger partial charge in [-0.3, -0.25) is 4.68 Å². The maximum Gasteiger partial charge on any atom is 0.177 e. The third-order valence-electron chi connectivity index (χ3n) is 5.58. The van der Waals surface area contributed by atoms with Gasteiger partial charge >= 0.3 is 0 Å². The van der Waals surface area contributed by atoms with Gasteiger partial charge in [-0.1, -0.05) is 6.42 Å². The number of hydrogen-bond donors (Lipinski definition) is 0. The van der Waals surface area contributed by atoms with Crippen LogP contribution in [-0.2, 0) is 6.54 Å². The molecule has 8 heteroatoms. The molecular formula is C18H24N8. The van der Waals surface area contributed by atoms with Crippen LogP contribution in [0.4, 0.5) is 5.82 Å². The first kappa shape index (κ1) is 15.7. The minimum Gasteiger partial charge on any atom is -0.347 e. The summed E-state index contributed by atoms with van der Waals surface area (Å²) in [6.45, 7) is 5.40. The van der Waals surface area contributed by atoms with Crippen molar-refractivity contribution >= 4 is 11.5 Å². The molecule has 3 aromatic rings. The standard InChI is InChI=1S/C18H24N8/c1-2-9-23(10-3-1)11-7-16-13-24(12-15-6-8-20-26(15)16)18-5-4-17-21-19-14-25(17)22-18/h4-6,8,14,16H,1-3,7,9-13H2/t16-/m1/s1. The highest BCUT2D eigenvalue weighted by Gasteiger charge is 2.27. The molecule has 0 unspecified atom stereocenters. The Bertz CT molecular complexity index is 878. The van der Waals surface area contributed by atoms with Crippen molar-refractivity contribution in [3.63, 3.8) is 0 Å². The zero-order valence-electron chi connectivity index (χ0n) is 14.9. The van der Waals surface area contributed by atoms with Crippen LogP contribution in [0.5, 0.6) is 0 Å². The fourth-order valence-electron chi connectivity index (χ4n) is 4.18. The van der Waals surface area contributed by atoms with Gasteiger partial charge in [0.1, 0.15) is 12.1 Å². The summed E-state index contributed by atoms with van der Waals surface area (Å²) in [5, 5.41) is 17.2. The first-order valence-corrected chi connectivity index (χ1v) is 9.53.